The minimum atomic E-state index is 0.340. The van der Waals surface area contributed by atoms with E-state index in [1.165, 1.54) is 5.56 Å². The van der Waals surface area contributed by atoms with Crippen LogP contribution in [0.3, 0.4) is 0 Å². The van der Waals surface area contributed by atoms with E-state index in [2.05, 4.69) is 6.92 Å². The number of anilines is 2. The van der Waals surface area contributed by atoms with Gasteiger partial charge in [0.15, 0.2) is 0 Å². The SMILES string of the molecule is CCc1ccc(O)cc1.Nc1cccc(N)c1. The molecule has 0 unspecified atom stereocenters. The van der Waals surface area contributed by atoms with Crippen molar-refractivity contribution >= 4 is 11.4 Å². The molecule has 0 fully saturated rings. The lowest BCUT2D eigenvalue weighted by Gasteiger charge is -1.93. The Morgan fingerprint density at radius 1 is 0.941 bits per heavy atom. The zero-order chi connectivity index (χ0) is 12.7. The molecule has 0 aliphatic rings. The van der Waals surface area contributed by atoms with Crippen LogP contribution < -0.4 is 11.5 Å². The average Bonchev–Trinajstić information content (AvgIpc) is 2.30. The van der Waals surface area contributed by atoms with Crippen LogP contribution in [0.5, 0.6) is 5.75 Å². The molecule has 3 heteroatoms. The topological polar surface area (TPSA) is 72.3 Å². The van der Waals surface area contributed by atoms with Gasteiger partial charge in [-0.15, -0.1) is 0 Å². The number of phenols is 1. The molecule has 0 heterocycles. The summed E-state index contributed by atoms with van der Waals surface area (Å²) >= 11 is 0. The Kier molecular flexibility index (Phi) is 4.88. The largest absolute Gasteiger partial charge is 0.508 e. The Morgan fingerprint density at radius 2 is 1.47 bits per heavy atom. The van der Waals surface area contributed by atoms with Crippen molar-refractivity contribution < 1.29 is 5.11 Å². The third-order valence-electron chi connectivity index (χ3n) is 2.26. The number of aromatic hydroxyl groups is 1. The van der Waals surface area contributed by atoms with Crippen LogP contribution in [0.25, 0.3) is 0 Å². The van der Waals surface area contributed by atoms with Gasteiger partial charge in [-0.3, -0.25) is 0 Å². The molecule has 0 atom stereocenters. The van der Waals surface area contributed by atoms with Crippen LogP contribution in [0, 0.1) is 0 Å². The maximum absolute atomic E-state index is 8.85. The molecule has 2 rings (SSSR count). The van der Waals surface area contributed by atoms with E-state index >= 15 is 0 Å². The van der Waals surface area contributed by atoms with Gasteiger partial charge in [0.2, 0.25) is 0 Å². The highest BCUT2D eigenvalue weighted by Crippen LogP contribution is 2.09. The Balaban J connectivity index is 0.000000171. The molecule has 17 heavy (non-hydrogen) atoms. The van der Waals surface area contributed by atoms with Gasteiger partial charge in [-0.2, -0.15) is 0 Å². The first kappa shape index (κ1) is 12.9. The second kappa shape index (κ2) is 6.43. The lowest BCUT2D eigenvalue weighted by Crippen LogP contribution is -1.87. The summed E-state index contributed by atoms with van der Waals surface area (Å²) in [6.45, 7) is 2.09. The summed E-state index contributed by atoms with van der Waals surface area (Å²) in [4.78, 5) is 0. The molecule has 0 saturated heterocycles. The summed E-state index contributed by atoms with van der Waals surface area (Å²) in [5.74, 6) is 0.340. The first-order valence-electron chi connectivity index (χ1n) is 5.50. The van der Waals surface area contributed by atoms with E-state index in [1.807, 2.05) is 18.2 Å². The molecule has 0 bridgehead atoms. The molecule has 2 aromatic carbocycles. The third-order valence-corrected chi connectivity index (χ3v) is 2.26. The van der Waals surface area contributed by atoms with Gasteiger partial charge >= 0.3 is 0 Å². The molecule has 0 saturated carbocycles. The van der Waals surface area contributed by atoms with E-state index in [9.17, 15) is 0 Å². The fourth-order valence-corrected chi connectivity index (χ4v) is 1.29. The van der Waals surface area contributed by atoms with Gasteiger partial charge in [0.25, 0.3) is 0 Å². The highest BCUT2D eigenvalue weighted by Gasteiger charge is 1.86. The summed E-state index contributed by atoms with van der Waals surface area (Å²) in [5.41, 5.74) is 13.4. The predicted molar refractivity (Wildman–Crippen MR) is 72.8 cm³/mol. The monoisotopic (exact) mass is 230 g/mol. The maximum Gasteiger partial charge on any atom is 0.115 e. The van der Waals surface area contributed by atoms with E-state index in [0.29, 0.717) is 17.1 Å². The third kappa shape index (κ3) is 4.93. The van der Waals surface area contributed by atoms with Crippen LogP contribution in [0.15, 0.2) is 48.5 Å². The normalized spacial score (nSPS) is 9.24. The van der Waals surface area contributed by atoms with Crippen LogP contribution in [0.2, 0.25) is 0 Å². The number of rotatable bonds is 1. The number of hydrogen-bond acceptors (Lipinski definition) is 3. The number of hydrogen-bond donors (Lipinski definition) is 3. The van der Waals surface area contributed by atoms with E-state index in [-0.39, 0.29) is 0 Å². The Labute approximate surface area is 102 Å². The lowest BCUT2D eigenvalue weighted by molar-refractivity contribution is 0.475. The minimum absolute atomic E-state index is 0.340. The number of phenolic OH excluding ortho intramolecular Hbond substituents is 1. The molecule has 5 N–H and O–H groups in total. The van der Waals surface area contributed by atoms with Crippen molar-refractivity contribution in [1.82, 2.24) is 0 Å². The van der Waals surface area contributed by atoms with Gasteiger partial charge in [-0.1, -0.05) is 25.1 Å². The standard InChI is InChI=1S/C8H10O.C6H8N2/c1-2-7-3-5-8(9)6-4-7;7-5-2-1-3-6(8)4-5/h3-6,9H,2H2,1H3;1-4H,7-8H2. The van der Waals surface area contributed by atoms with Crippen molar-refractivity contribution in [3.63, 3.8) is 0 Å². The summed E-state index contributed by atoms with van der Waals surface area (Å²) in [7, 11) is 0. The van der Waals surface area contributed by atoms with E-state index in [4.69, 9.17) is 16.6 Å². The van der Waals surface area contributed by atoms with E-state index in [1.54, 1.807) is 30.3 Å². The van der Waals surface area contributed by atoms with Gasteiger partial charge in [0.1, 0.15) is 5.75 Å². The predicted octanol–water partition coefficient (Wildman–Crippen LogP) is 2.81. The summed E-state index contributed by atoms with van der Waals surface area (Å²) in [6.07, 6.45) is 1.03. The Bertz CT molecular complexity index is 435. The van der Waals surface area contributed by atoms with Gasteiger partial charge in [0, 0.05) is 11.4 Å². The molecular formula is C14H18N2O. The van der Waals surface area contributed by atoms with E-state index in [0.717, 1.165) is 6.42 Å². The molecule has 2 aromatic rings. The van der Waals surface area contributed by atoms with Crippen molar-refractivity contribution in [3.05, 3.63) is 54.1 Å². The van der Waals surface area contributed by atoms with Crippen LogP contribution in [-0.2, 0) is 6.42 Å². The maximum atomic E-state index is 8.85. The van der Waals surface area contributed by atoms with Gasteiger partial charge in [-0.05, 0) is 42.3 Å². The van der Waals surface area contributed by atoms with Gasteiger partial charge in [0.05, 0.1) is 0 Å². The second-order valence-corrected chi connectivity index (χ2v) is 3.69. The highest BCUT2D eigenvalue weighted by atomic mass is 16.3. The highest BCUT2D eigenvalue weighted by molar-refractivity contribution is 5.50. The second-order valence-electron chi connectivity index (χ2n) is 3.69. The minimum Gasteiger partial charge on any atom is -0.508 e. The number of nitrogen functional groups attached to an aromatic ring is 2. The molecule has 0 aliphatic heterocycles. The summed E-state index contributed by atoms with van der Waals surface area (Å²) < 4.78 is 0. The van der Waals surface area contributed by atoms with Crippen molar-refractivity contribution in [2.24, 2.45) is 0 Å². The number of nitrogens with two attached hydrogens (primary N) is 2. The van der Waals surface area contributed by atoms with Crippen LogP contribution in [0.1, 0.15) is 12.5 Å². The Hall–Kier alpha value is -2.16. The molecule has 0 spiro atoms. The quantitative estimate of drug-likeness (QED) is 0.659. The van der Waals surface area contributed by atoms with Crippen LogP contribution in [0.4, 0.5) is 11.4 Å². The van der Waals surface area contributed by atoms with Crippen molar-refractivity contribution in [2.75, 3.05) is 11.5 Å². The Morgan fingerprint density at radius 3 is 1.82 bits per heavy atom. The van der Waals surface area contributed by atoms with Gasteiger partial charge < -0.3 is 16.6 Å². The average molecular weight is 230 g/mol. The molecular weight excluding hydrogens is 212 g/mol. The first-order chi connectivity index (χ1) is 8.11. The lowest BCUT2D eigenvalue weighted by atomic mass is 10.2. The smallest absolute Gasteiger partial charge is 0.115 e. The van der Waals surface area contributed by atoms with Crippen molar-refractivity contribution in [3.8, 4) is 5.75 Å². The molecule has 0 aliphatic carbocycles. The zero-order valence-electron chi connectivity index (χ0n) is 9.93. The van der Waals surface area contributed by atoms with Crippen molar-refractivity contribution in [2.45, 2.75) is 13.3 Å². The zero-order valence-corrected chi connectivity index (χ0v) is 9.93. The van der Waals surface area contributed by atoms with Crippen LogP contribution >= 0.6 is 0 Å². The molecule has 0 amide bonds. The molecule has 3 nitrogen and oxygen atoms in total. The molecule has 90 valence electrons. The fraction of sp³-hybridized carbons (Fsp3) is 0.143. The fourth-order valence-electron chi connectivity index (χ4n) is 1.29. The molecule has 0 radical (unpaired) electrons. The van der Waals surface area contributed by atoms with E-state index < -0.39 is 0 Å². The summed E-state index contributed by atoms with van der Waals surface area (Å²) in [6, 6.07) is 14.4. The molecule has 0 aromatic heterocycles. The number of benzene rings is 2. The first-order valence-corrected chi connectivity index (χ1v) is 5.50. The summed E-state index contributed by atoms with van der Waals surface area (Å²) in [5, 5.41) is 8.85. The van der Waals surface area contributed by atoms with Crippen molar-refractivity contribution in [1.29, 1.82) is 0 Å². The van der Waals surface area contributed by atoms with Crippen LogP contribution in [-0.4, -0.2) is 5.11 Å². The number of aryl methyl sites for hydroxylation is 1. The van der Waals surface area contributed by atoms with Gasteiger partial charge in [-0.25, -0.2) is 0 Å².